The Balaban J connectivity index is 1.78. The molecule has 4 heteroatoms. The number of hydrogen-bond acceptors (Lipinski definition) is 2. The molecular weight excluding hydrogens is 310 g/mol. The molecule has 1 N–H and O–H groups in total. The van der Waals surface area contributed by atoms with Crippen LogP contribution < -0.4 is 10.1 Å². The monoisotopic (exact) mass is 331 g/mol. The molecule has 0 aliphatic rings. The van der Waals surface area contributed by atoms with Crippen molar-refractivity contribution in [3.05, 3.63) is 65.2 Å². The molecule has 0 fully saturated rings. The molecule has 0 aromatic heterocycles. The predicted octanol–water partition coefficient (Wildman–Crippen LogP) is 4.24. The van der Waals surface area contributed by atoms with Crippen LogP contribution in [-0.4, -0.2) is 18.1 Å². The Kier molecular flexibility index (Phi) is 6.48. The first kappa shape index (κ1) is 17.4. The highest BCUT2D eigenvalue weighted by Gasteiger charge is 2.17. The molecule has 0 spiro atoms. The highest BCUT2D eigenvalue weighted by molar-refractivity contribution is 6.30. The molecule has 122 valence electrons. The van der Waals surface area contributed by atoms with Gasteiger partial charge in [-0.2, -0.15) is 0 Å². The van der Waals surface area contributed by atoms with E-state index in [-0.39, 0.29) is 11.9 Å². The minimum Gasteiger partial charge on any atom is -0.481 e. The average Bonchev–Trinajstić information content (AvgIpc) is 2.54. The zero-order valence-corrected chi connectivity index (χ0v) is 14.2. The van der Waals surface area contributed by atoms with Gasteiger partial charge in [-0.25, -0.2) is 0 Å². The average molecular weight is 332 g/mol. The second kappa shape index (κ2) is 8.59. The Bertz CT molecular complexity index is 630. The van der Waals surface area contributed by atoms with Gasteiger partial charge in [-0.15, -0.1) is 0 Å². The minimum absolute atomic E-state index is 0.0908. The quantitative estimate of drug-likeness (QED) is 0.824. The van der Waals surface area contributed by atoms with Crippen molar-refractivity contribution in [1.29, 1.82) is 0 Å². The van der Waals surface area contributed by atoms with E-state index in [1.54, 1.807) is 31.2 Å². The summed E-state index contributed by atoms with van der Waals surface area (Å²) in [5.74, 6) is 0.475. The van der Waals surface area contributed by atoms with Gasteiger partial charge >= 0.3 is 0 Å². The molecule has 0 aliphatic carbocycles. The van der Waals surface area contributed by atoms with Gasteiger partial charge in [-0.3, -0.25) is 4.79 Å². The largest absolute Gasteiger partial charge is 0.481 e. The second-order valence-corrected chi connectivity index (χ2v) is 6.09. The first-order chi connectivity index (χ1) is 11.0. The molecule has 0 heterocycles. The van der Waals surface area contributed by atoms with Crippen molar-refractivity contribution in [2.45, 2.75) is 38.8 Å². The molecule has 0 saturated heterocycles. The summed E-state index contributed by atoms with van der Waals surface area (Å²) in [5.41, 5.74) is 1.27. The van der Waals surface area contributed by atoms with Gasteiger partial charge in [0.2, 0.25) is 0 Å². The molecule has 2 aromatic carbocycles. The van der Waals surface area contributed by atoms with Gasteiger partial charge in [-0.1, -0.05) is 48.0 Å². The Hall–Kier alpha value is -2.00. The van der Waals surface area contributed by atoms with Crippen molar-refractivity contribution < 1.29 is 9.53 Å². The van der Waals surface area contributed by atoms with Crippen molar-refractivity contribution in [2.24, 2.45) is 0 Å². The summed E-state index contributed by atoms with van der Waals surface area (Å²) in [5, 5.41) is 3.58. The van der Waals surface area contributed by atoms with E-state index < -0.39 is 6.10 Å². The van der Waals surface area contributed by atoms with E-state index in [9.17, 15) is 4.79 Å². The lowest BCUT2D eigenvalue weighted by atomic mass is 10.1. The molecule has 0 aliphatic heterocycles. The zero-order chi connectivity index (χ0) is 16.7. The maximum Gasteiger partial charge on any atom is 0.260 e. The van der Waals surface area contributed by atoms with Crippen LogP contribution in [0.1, 0.15) is 25.8 Å². The maximum absolute atomic E-state index is 12.2. The summed E-state index contributed by atoms with van der Waals surface area (Å²) in [7, 11) is 0. The summed E-state index contributed by atoms with van der Waals surface area (Å²) in [4.78, 5) is 12.2. The Labute approximate surface area is 142 Å². The number of halogens is 1. The number of benzene rings is 2. The molecule has 1 amide bonds. The van der Waals surface area contributed by atoms with Gasteiger partial charge in [0.15, 0.2) is 6.10 Å². The van der Waals surface area contributed by atoms with E-state index in [2.05, 4.69) is 17.4 Å². The minimum atomic E-state index is -0.562. The van der Waals surface area contributed by atoms with Crippen LogP contribution in [0.5, 0.6) is 5.75 Å². The number of rotatable bonds is 7. The number of carbonyl (C=O) groups is 1. The van der Waals surface area contributed by atoms with Crippen LogP contribution in [-0.2, 0) is 11.2 Å². The third-order valence-corrected chi connectivity index (χ3v) is 3.81. The van der Waals surface area contributed by atoms with E-state index in [1.807, 2.05) is 25.1 Å². The van der Waals surface area contributed by atoms with Gasteiger partial charge in [0.1, 0.15) is 5.75 Å². The molecule has 0 bridgehead atoms. The topological polar surface area (TPSA) is 38.3 Å². The number of carbonyl (C=O) groups excluding carboxylic acids is 1. The summed E-state index contributed by atoms with van der Waals surface area (Å²) in [6.07, 6.45) is 1.26. The molecule has 2 atom stereocenters. The fourth-order valence-corrected chi connectivity index (χ4v) is 2.44. The van der Waals surface area contributed by atoms with Gasteiger partial charge in [0.05, 0.1) is 0 Å². The number of amides is 1. The Morgan fingerprint density at radius 1 is 1.13 bits per heavy atom. The van der Waals surface area contributed by atoms with Crippen molar-refractivity contribution >= 4 is 17.5 Å². The Morgan fingerprint density at radius 3 is 2.57 bits per heavy atom. The second-order valence-electron chi connectivity index (χ2n) is 5.65. The molecule has 3 nitrogen and oxygen atoms in total. The standard InChI is InChI=1S/C19H22ClNO2/c1-14(11-12-16-7-4-3-5-8-16)21-19(22)15(2)23-18-10-6-9-17(20)13-18/h3-10,13-15H,11-12H2,1-2H3,(H,21,22)/t14-,15-/m1/s1. The third kappa shape index (κ3) is 5.95. The number of ether oxygens (including phenoxy) is 1. The molecule has 2 rings (SSSR count). The van der Waals surface area contributed by atoms with Crippen LogP contribution in [0.15, 0.2) is 54.6 Å². The predicted molar refractivity (Wildman–Crippen MR) is 93.9 cm³/mol. The SMILES string of the molecule is C[C@H](CCc1ccccc1)NC(=O)[C@@H](C)Oc1cccc(Cl)c1. The van der Waals surface area contributed by atoms with E-state index in [4.69, 9.17) is 16.3 Å². The fraction of sp³-hybridized carbons (Fsp3) is 0.316. The zero-order valence-electron chi connectivity index (χ0n) is 13.5. The third-order valence-electron chi connectivity index (χ3n) is 3.58. The summed E-state index contributed by atoms with van der Waals surface area (Å²) in [6.45, 7) is 3.74. The highest BCUT2D eigenvalue weighted by Crippen LogP contribution is 2.18. The van der Waals surface area contributed by atoms with Crippen LogP contribution in [0.2, 0.25) is 5.02 Å². The number of hydrogen-bond donors (Lipinski definition) is 1. The van der Waals surface area contributed by atoms with E-state index in [0.29, 0.717) is 10.8 Å². The molecule has 2 aromatic rings. The number of aryl methyl sites for hydroxylation is 1. The van der Waals surface area contributed by atoms with Gasteiger partial charge in [-0.05, 0) is 50.5 Å². The van der Waals surface area contributed by atoms with Crippen molar-refractivity contribution in [1.82, 2.24) is 5.32 Å². The van der Waals surface area contributed by atoms with Crippen LogP contribution >= 0.6 is 11.6 Å². The van der Waals surface area contributed by atoms with Crippen molar-refractivity contribution in [3.8, 4) is 5.75 Å². The van der Waals surface area contributed by atoms with Crippen LogP contribution in [0.25, 0.3) is 0 Å². The Morgan fingerprint density at radius 2 is 1.87 bits per heavy atom. The highest BCUT2D eigenvalue weighted by atomic mass is 35.5. The maximum atomic E-state index is 12.2. The van der Waals surface area contributed by atoms with Crippen molar-refractivity contribution in [3.63, 3.8) is 0 Å². The van der Waals surface area contributed by atoms with Crippen molar-refractivity contribution in [2.75, 3.05) is 0 Å². The summed E-state index contributed by atoms with van der Waals surface area (Å²) < 4.78 is 5.62. The summed E-state index contributed by atoms with van der Waals surface area (Å²) >= 11 is 5.91. The smallest absolute Gasteiger partial charge is 0.260 e. The normalized spacial score (nSPS) is 13.2. The molecular formula is C19H22ClNO2. The van der Waals surface area contributed by atoms with Gasteiger partial charge in [0, 0.05) is 11.1 Å². The van der Waals surface area contributed by atoms with E-state index in [0.717, 1.165) is 12.8 Å². The molecule has 0 unspecified atom stereocenters. The van der Waals surface area contributed by atoms with Gasteiger partial charge < -0.3 is 10.1 Å². The van der Waals surface area contributed by atoms with Crippen LogP contribution in [0.4, 0.5) is 0 Å². The van der Waals surface area contributed by atoms with E-state index >= 15 is 0 Å². The first-order valence-corrected chi connectivity index (χ1v) is 8.19. The van der Waals surface area contributed by atoms with Gasteiger partial charge in [0.25, 0.3) is 5.91 Å². The lowest BCUT2D eigenvalue weighted by molar-refractivity contribution is -0.127. The molecule has 0 radical (unpaired) electrons. The lowest BCUT2D eigenvalue weighted by Gasteiger charge is -2.19. The molecule has 0 saturated carbocycles. The fourth-order valence-electron chi connectivity index (χ4n) is 2.26. The lowest BCUT2D eigenvalue weighted by Crippen LogP contribution is -2.41. The number of nitrogens with one attached hydrogen (secondary N) is 1. The summed E-state index contributed by atoms with van der Waals surface area (Å²) in [6, 6.07) is 17.4. The first-order valence-electron chi connectivity index (χ1n) is 7.81. The van der Waals surface area contributed by atoms with Crippen LogP contribution in [0, 0.1) is 0 Å². The molecule has 23 heavy (non-hydrogen) atoms. The van der Waals surface area contributed by atoms with Crippen LogP contribution in [0.3, 0.4) is 0 Å². The van der Waals surface area contributed by atoms with E-state index in [1.165, 1.54) is 5.56 Å².